The average Bonchev–Trinajstić information content (AvgIpc) is 2.66. The summed E-state index contributed by atoms with van der Waals surface area (Å²) < 4.78 is 5.07. The molecule has 0 amide bonds. The van der Waals surface area contributed by atoms with Crippen LogP contribution in [0.4, 0.5) is 0 Å². The summed E-state index contributed by atoms with van der Waals surface area (Å²) >= 11 is 0. The molecule has 17 heavy (non-hydrogen) atoms. The molecule has 1 unspecified atom stereocenters. The molecule has 0 aliphatic carbocycles. The number of aryl methyl sites for hydroxylation is 1. The van der Waals surface area contributed by atoms with Crippen LogP contribution in [0.3, 0.4) is 0 Å². The lowest BCUT2D eigenvalue weighted by Gasteiger charge is -2.21. The van der Waals surface area contributed by atoms with Gasteiger partial charge < -0.3 is 9.63 Å². The molecule has 6 heteroatoms. The van der Waals surface area contributed by atoms with Gasteiger partial charge in [-0.25, -0.2) is 0 Å². The van der Waals surface area contributed by atoms with E-state index in [4.69, 9.17) is 9.63 Å². The molecule has 1 atom stereocenters. The van der Waals surface area contributed by atoms with Crippen LogP contribution < -0.4 is 0 Å². The number of likely N-dealkylation sites (N-methyl/N-ethyl adjacent to an activating group) is 1. The van der Waals surface area contributed by atoms with E-state index in [9.17, 15) is 4.79 Å². The first-order valence-electron chi connectivity index (χ1n) is 5.83. The van der Waals surface area contributed by atoms with Crippen molar-refractivity contribution in [1.29, 1.82) is 0 Å². The number of nitrogens with zero attached hydrogens (tertiary/aromatic N) is 3. The number of carboxylic acid groups (broad SMARTS) is 1. The van der Waals surface area contributed by atoms with Crippen LogP contribution in [0.5, 0.6) is 0 Å². The van der Waals surface area contributed by atoms with E-state index in [1.165, 1.54) is 0 Å². The van der Waals surface area contributed by atoms with E-state index < -0.39 is 12.0 Å². The van der Waals surface area contributed by atoms with Crippen LogP contribution in [0.2, 0.25) is 0 Å². The molecule has 0 bridgehead atoms. The predicted molar refractivity (Wildman–Crippen MR) is 61.5 cm³/mol. The Balaban J connectivity index is 2.59. The van der Waals surface area contributed by atoms with Gasteiger partial charge in [0.2, 0.25) is 5.89 Å². The summed E-state index contributed by atoms with van der Waals surface area (Å²) in [6, 6.07) is -0.517. The van der Waals surface area contributed by atoms with Crippen LogP contribution in [-0.2, 0) is 17.8 Å². The monoisotopic (exact) mass is 241 g/mol. The van der Waals surface area contributed by atoms with E-state index in [1.54, 1.807) is 11.9 Å². The van der Waals surface area contributed by atoms with Gasteiger partial charge in [0, 0.05) is 6.42 Å². The summed E-state index contributed by atoms with van der Waals surface area (Å²) in [5.74, 6) is 0.318. The fourth-order valence-corrected chi connectivity index (χ4v) is 1.68. The number of hydrogen-bond donors (Lipinski definition) is 1. The quantitative estimate of drug-likeness (QED) is 0.775. The van der Waals surface area contributed by atoms with E-state index in [1.807, 2.05) is 13.8 Å². The zero-order chi connectivity index (χ0) is 12.8. The fourth-order valence-electron chi connectivity index (χ4n) is 1.68. The standard InChI is InChI=1S/C11H19N3O3/c1-4-6-9-12-10(17-13-9)7-14(3)8(5-2)11(15)16/h8H,4-7H2,1-3H3,(H,15,16). The Morgan fingerprint density at radius 3 is 2.76 bits per heavy atom. The normalized spacial score (nSPS) is 12.9. The van der Waals surface area contributed by atoms with Gasteiger partial charge in [-0.05, 0) is 19.9 Å². The second kappa shape index (κ2) is 6.34. The third-order valence-electron chi connectivity index (χ3n) is 2.57. The molecule has 0 aliphatic heterocycles. The third kappa shape index (κ3) is 3.81. The summed E-state index contributed by atoms with van der Waals surface area (Å²) in [7, 11) is 1.74. The number of carbonyl (C=O) groups is 1. The number of aromatic nitrogens is 2. The van der Waals surface area contributed by atoms with Crippen LogP contribution in [0.15, 0.2) is 4.52 Å². The Bertz CT molecular complexity index is 365. The highest BCUT2D eigenvalue weighted by Gasteiger charge is 2.22. The van der Waals surface area contributed by atoms with Gasteiger partial charge in [-0.15, -0.1) is 0 Å². The lowest BCUT2D eigenvalue weighted by molar-refractivity contribution is -0.143. The fraction of sp³-hybridized carbons (Fsp3) is 0.727. The smallest absolute Gasteiger partial charge is 0.320 e. The zero-order valence-corrected chi connectivity index (χ0v) is 10.5. The molecule has 0 saturated carbocycles. The molecular weight excluding hydrogens is 222 g/mol. The summed E-state index contributed by atoms with van der Waals surface area (Å²) in [5.41, 5.74) is 0. The minimum Gasteiger partial charge on any atom is -0.480 e. The molecule has 1 aromatic rings. The molecule has 1 rings (SSSR count). The van der Waals surface area contributed by atoms with Crippen LogP contribution in [-0.4, -0.2) is 39.2 Å². The first kappa shape index (κ1) is 13.6. The summed E-state index contributed by atoms with van der Waals surface area (Å²) in [6.45, 7) is 4.24. The van der Waals surface area contributed by atoms with Crippen molar-refractivity contribution in [2.45, 2.75) is 45.7 Å². The molecule has 0 aromatic carbocycles. The van der Waals surface area contributed by atoms with Crippen LogP contribution in [0, 0.1) is 0 Å². The van der Waals surface area contributed by atoms with Crippen molar-refractivity contribution in [3.63, 3.8) is 0 Å². The Hall–Kier alpha value is -1.43. The van der Waals surface area contributed by atoms with Crippen molar-refractivity contribution < 1.29 is 14.4 Å². The molecule has 0 fully saturated rings. The Morgan fingerprint density at radius 1 is 1.53 bits per heavy atom. The molecular formula is C11H19N3O3. The van der Waals surface area contributed by atoms with Gasteiger partial charge in [0.15, 0.2) is 5.82 Å². The highest BCUT2D eigenvalue weighted by atomic mass is 16.5. The number of aliphatic carboxylic acids is 1. The van der Waals surface area contributed by atoms with Gasteiger partial charge >= 0.3 is 5.97 Å². The first-order valence-corrected chi connectivity index (χ1v) is 5.83. The predicted octanol–water partition coefficient (Wildman–Crippen LogP) is 1.32. The second-order valence-corrected chi connectivity index (χ2v) is 4.03. The molecule has 0 aliphatic rings. The zero-order valence-electron chi connectivity index (χ0n) is 10.5. The summed E-state index contributed by atoms with van der Waals surface area (Å²) in [5, 5.41) is 12.8. The van der Waals surface area contributed by atoms with Crippen molar-refractivity contribution in [3.05, 3.63) is 11.7 Å². The Labute approximate surface area is 101 Å². The summed E-state index contributed by atoms with van der Waals surface area (Å²) in [6.07, 6.45) is 2.28. The third-order valence-corrected chi connectivity index (χ3v) is 2.57. The molecule has 1 aromatic heterocycles. The van der Waals surface area contributed by atoms with Crippen LogP contribution in [0.1, 0.15) is 38.4 Å². The van der Waals surface area contributed by atoms with Gasteiger partial charge in [-0.2, -0.15) is 4.98 Å². The van der Waals surface area contributed by atoms with E-state index >= 15 is 0 Å². The number of rotatable bonds is 7. The van der Waals surface area contributed by atoms with Gasteiger partial charge in [-0.1, -0.05) is 19.0 Å². The largest absolute Gasteiger partial charge is 0.480 e. The van der Waals surface area contributed by atoms with Gasteiger partial charge in [0.25, 0.3) is 0 Å². The van der Waals surface area contributed by atoms with Crippen LogP contribution in [0.25, 0.3) is 0 Å². The average molecular weight is 241 g/mol. The Kier molecular flexibility index (Phi) is 5.09. The van der Waals surface area contributed by atoms with Crippen LogP contribution >= 0.6 is 0 Å². The molecule has 0 radical (unpaired) electrons. The number of carboxylic acids is 1. The van der Waals surface area contributed by atoms with Crippen molar-refractivity contribution in [2.75, 3.05) is 7.05 Å². The molecule has 0 spiro atoms. The second-order valence-electron chi connectivity index (χ2n) is 4.03. The topological polar surface area (TPSA) is 79.5 Å². The first-order chi connectivity index (χ1) is 8.08. The van der Waals surface area contributed by atoms with Gasteiger partial charge in [0.05, 0.1) is 6.54 Å². The highest BCUT2D eigenvalue weighted by molar-refractivity contribution is 5.73. The van der Waals surface area contributed by atoms with Crippen molar-refractivity contribution in [2.24, 2.45) is 0 Å². The molecule has 1 N–H and O–H groups in total. The maximum Gasteiger partial charge on any atom is 0.320 e. The molecule has 96 valence electrons. The van der Waals surface area contributed by atoms with E-state index in [2.05, 4.69) is 10.1 Å². The molecule has 6 nitrogen and oxygen atoms in total. The minimum atomic E-state index is -0.830. The van der Waals surface area contributed by atoms with Gasteiger partial charge in [-0.3, -0.25) is 9.69 Å². The van der Waals surface area contributed by atoms with Gasteiger partial charge in [0.1, 0.15) is 6.04 Å². The SMILES string of the molecule is CCCc1noc(CN(C)C(CC)C(=O)O)n1. The maximum atomic E-state index is 11.0. The Morgan fingerprint density at radius 2 is 2.24 bits per heavy atom. The van der Waals surface area contributed by atoms with Crippen molar-refractivity contribution in [3.8, 4) is 0 Å². The van der Waals surface area contributed by atoms with E-state index in [0.29, 0.717) is 24.7 Å². The van der Waals surface area contributed by atoms with Crippen molar-refractivity contribution in [1.82, 2.24) is 15.0 Å². The summed E-state index contributed by atoms with van der Waals surface area (Å²) in [4.78, 5) is 16.9. The maximum absolute atomic E-state index is 11.0. The van der Waals surface area contributed by atoms with Crippen molar-refractivity contribution >= 4 is 5.97 Å². The lowest BCUT2D eigenvalue weighted by Crippen LogP contribution is -2.37. The lowest BCUT2D eigenvalue weighted by atomic mass is 10.2. The molecule has 1 heterocycles. The molecule has 0 saturated heterocycles. The van der Waals surface area contributed by atoms with E-state index in [0.717, 1.165) is 12.8 Å². The van der Waals surface area contributed by atoms with E-state index in [-0.39, 0.29) is 0 Å². The minimum absolute atomic E-state index is 0.363. The highest BCUT2D eigenvalue weighted by Crippen LogP contribution is 2.08. The number of hydrogen-bond acceptors (Lipinski definition) is 5.